The van der Waals surface area contributed by atoms with E-state index in [9.17, 15) is 0 Å². The maximum absolute atomic E-state index is 8.46. The van der Waals surface area contributed by atoms with Gasteiger partial charge in [-0.15, -0.1) is 0 Å². The van der Waals surface area contributed by atoms with E-state index in [0.29, 0.717) is 0 Å². The molecule has 9 heteroatoms. The normalized spacial score (nSPS) is 6.44. The zero-order valence-corrected chi connectivity index (χ0v) is 11.2. The molecule has 0 fully saturated rings. The quantitative estimate of drug-likeness (QED) is 0.332. The van der Waals surface area contributed by atoms with Crippen LogP contribution in [-0.4, -0.2) is 59.8 Å². The zero-order valence-electron chi connectivity index (χ0n) is 4.49. The van der Waals surface area contributed by atoms with Gasteiger partial charge in [-0.05, 0) is 17.4 Å². The third-order valence-corrected chi connectivity index (χ3v) is 0. The molecule has 0 aliphatic rings. The van der Waals surface area contributed by atoms with E-state index < -0.39 is 17.4 Å². The summed E-state index contributed by atoms with van der Waals surface area (Å²) in [5.74, 6) is 0. The van der Waals surface area contributed by atoms with E-state index >= 15 is 0 Å². The van der Waals surface area contributed by atoms with E-state index in [1.165, 1.54) is 0 Å². The molecule has 0 aliphatic heterocycles. The molecule has 0 aromatic heterocycles. The van der Waals surface area contributed by atoms with Crippen molar-refractivity contribution in [3.63, 3.8) is 0 Å². The summed E-state index contributed by atoms with van der Waals surface area (Å²) in [6.07, 6.45) is 0. The maximum atomic E-state index is 8.46. The molecule has 0 saturated heterocycles. The second-order valence-corrected chi connectivity index (χ2v) is 0.577. The standard InChI is InChI=1S/Ba.2H3O2P.2H2O/c;2*1-3-2;;/h;2*3H2,(H,1,2);2*1H2/q+2;;;;/p-2. The Labute approximate surface area is 94.9 Å². The third kappa shape index (κ3) is 175. The van der Waals surface area contributed by atoms with Crippen molar-refractivity contribution in [1.29, 1.82) is 0 Å². The van der Waals surface area contributed by atoms with Gasteiger partial charge in [0, 0.05) is 0 Å². The Balaban J connectivity index is -0.00000000889. The average molecular weight is 303 g/mol. The van der Waals surface area contributed by atoms with Gasteiger partial charge in [0.2, 0.25) is 0 Å². The minimum Gasteiger partial charge on any atom is -0.804 e. The molecule has 0 bridgehead atoms. The van der Waals surface area contributed by atoms with E-state index in [1.807, 2.05) is 0 Å². The van der Waals surface area contributed by atoms with Crippen LogP contribution in [0.1, 0.15) is 0 Å². The predicted octanol–water partition coefficient (Wildman–Crippen LogP) is -3.99. The summed E-state index contributed by atoms with van der Waals surface area (Å²) >= 11 is 0. The Morgan fingerprint density at radius 3 is 0.889 bits per heavy atom. The fourth-order valence-corrected chi connectivity index (χ4v) is 0. The summed E-state index contributed by atoms with van der Waals surface area (Å²) in [6, 6.07) is 0. The Morgan fingerprint density at radius 1 is 0.889 bits per heavy atom. The van der Waals surface area contributed by atoms with Crippen LogP contribution in [0.3, 0.4) is 0 Å². The smallest absolute Gasteiger partial charge is 0.804 e. The summed E-state index contributed by atoms with van der Waals surface area (Å²) < 4.78 is 16.9. The average Bonchev–Trinajstić information content (AvgIpc) is 1.39. The van der Waals surface area contributed by atoms with Gasteiger partial charge in [-0.3, -0.25) is 0 Å². The molecule has 56 valence electrons. The first-order valence-electron chi connectivity index (χ1n) is 0.943. The molecule has 0 aliphatic carbocycles. The fourth-order valence-electron chi connectivity index (χ4n) is 0. The van der Waals surface area contributed by atoms with Crippen molar-refractivity contribution in [1.82, 2.24) is 0 Å². The minimum absolute atomic E-state index is 0. The minimum atomic E-state index is -1.75. The van der Waals surface area contributed by atoms with Crippen molar-refractivity contribution in [3.05, 3.63) is 0 Å². The molecule has 9 heavy (non-hydrogen) atoms. The molecule has 0 radical (unpaired) electrons. The molecule has 6 nitrogen and oxygen atoms in total. The van der Waals surface area contributed by atoms with Crippen molar-refractivity contribution in [2.24, 2.45) is 0 Å². The van der Waals surface area contributed by atoms with Crippen LogP contribution in [0.15, 0.2) is 0 Å². The molecule has 0 amide bonds. The Hall–Kier alpha value is 1.87. The topological polar surface area (TPSA) is 143 Å². The van der Waals surface area contributed by atoms with Gasteiger partial charge in [0.05, 0.1) is 0 Å². The van der Waals surface area contributed by atoms with E-state index in [1.54, 1.807) is 0 Å². The molecular formula is H8BaO6P2. The van der Waals surface area contributed by atoms with Gasteiger partial charge in [0.1, 0.15) is 0 Å². The first kappa shape index (κ1) is 30.7. The number of hydrogen-bond acceptors (Lipinski definition) is 4. The number of rotatable bonds is 0. The molecule has 2 atom stereocenters. The molecule has 0 rings (SSSR count). The second kappa shape index (κ2) is 51.8. The van der Waals surface area contributed by atoms with Crippen LogP contribution in [0.5, 0.6) is 0 Å². The van der Waals surface area contributed by atoms with Gasteiger partial charge < -0.3 is 29.9 Å². The first-order chi connectivity index (χ1) is 2.83. The largest absolute Gasteiger partial charge is 2.00 e. The molecule has 0 heterocycles. The summed E-state index contributed by atoms with van der Waals surface area (Å²) in [5.41, 5.74) is 0. The Bertz CT molecular complexity index is 32.0. The first-order valence-corrected chi connectivity index (χ1v) is 2.83. The molecule has 0 aromatic rings. The molecule has 2 unspecified atom stereocenters. The van der Waals surface area contributed by atoms with Gasteiger partial charge >= 0.3 is 48.9 Å². The van der Waals surface area contributed by atoms with Gasteiger partial charge in [0.15, 0.2) is 0 Å². The zero-order chi connectivity index (χ0) is 5.41. The van der Waals surface area contributed by atoms with E-state index in [4.69, 9.17) is 18.9 Å². The fraction of sp³-hybridized carbons (Fsp3) is 0. The summed E-state index contributed by atoms with van der Waals surface area (Å²) in [7, 11) is -3.50. The van der Waals surface area contributed by atoms with E-state index in [-0.39, 0.29) is 59.8 Å². The monoisotopic (exact) mass is 304 g/mol. The van der Waals surface area contributed by atoms with Gasteiger partial charge in [-0.2, -0.15) is 0 Å². The second-order valence-electron chi connectivity index (χ2n) is 0.192. The van der Waals surface area contributed by atoms with E-state index in [0.717, 1.165) is 0 Å². The van der Waals surface area contributed by atoms with Crippen LogP contribution in [0.25, 0.3) is 0 Å². The van der Waals surface area contributed by atoms with Crippen molar-refractivity contribution in [2.45, 2.75) is 0 Å². The molecule has 0 spiro atoms. The molecule has 0 saturated carbocycles. The van der Waals surface area contributed by atoms with Gasteiger partial charge in [0.25, 0.3) is 0 Å². The summed E-state index contributed by atoms with van der Waals surface area (Å²) in [5, 5.41) is 0. The van der Waals surface area contributed by atoms with Crippen LogP contribution in [0.2, 0.25) is 0 Å². The number of hydrogen-bond donors (Lipinski definition) is 0. The van der Waals surface area contributed by atoms with Crippen LogP contribution in [0.4, 0.5) is 0 Å². The molecule has 4 N–H and O–H groups in total. The van der Waals surface area contributed by atoms with Crippen LogP contribution in [-0.2, 0) is 9.13 Å². The Morgan fingerprint density at radius 2 is 0.889 bits per heavy atom. The van der Waals surface area contributed by atoms with Gasteiger partial charge in [-0.25, -0.2) is 0 Å². The van der Waals surface area contributed by atoms with E-state index in [2.05, 4.69) is 0 Å². The van der Waals surface area contributed by atoms with Crippen LogP contribution < -0.4 is 9.79 Å². The SMILES string of the molecule is O.O.O=[PH2][O-].O=[PH2][O-].[Ba+2]. The summed E-state index contributed by atoms with van der Waals surface area (Å²) in [4.78, 5) is 16.9. The van der Waals surface area contributed by atoms with Crippen LogP contribution in [0, 0.1) is 0 Å². The molecular weight excluding hydrogens is 295 g/mol. The van der Waals surface area contributed by atoms with Crippen molar-refractivity contribution in [2.75, 3.05) is 0 Å². The predicted molar refractivity (Wildman–Crippen MR) is 33.8 cm³/mol. The molecule has 0 aromatic carbocycles. The third-order valence-electron chi connectivity index (χ3n) is 0. The van der Waals surface area contributed by atoms with Crippen LogP contribution >= 0.6 is 17.4 Å². The van der Waals surface area contributed by atoms with Crippen molar-refractivity contribution < 1.29 is 29.9 Å². The Kier molecular flexibility index (Phi) is 177. The van der Waals surface area contributed by atoms with Crippen molar-refractivity contribution >= 4 is 66.3 Å². The van der Waals surface area contributed by atoms with Gasteiger partial charge in [-0.1, -0.05) is 0 Å². The summed E-state index contributed by atoms with van der Waals surface area (Å²) in [6.45, 7) is 0. The van der Waals surface area contributed by atoms with Crippen molar-refractivity contribution in [3.8, 4) is 0 Å². The maximum Gasteiger partial charge on any atom is 2.00 e.